The predicted molar refractivity (Wildman–Crippen MR) is 87.6 cm³/mol. The molecule has 0 aliphatic carbocycles. The second-order valence-electron chi connectivity index (χ2n) is 6.34. The summed E-state index contributed by atoms with van der Waals surface area (Å²) in [6, 6.07) is 6.95. The van der Waals surface area contributed by atoms with Gasteiger partial charge in [-0.1, -0.05) is 12.1 Å². The number of fused-ring (bicyclic) bond motifs is 1. The molecule has 140 valence electrons. The van der Waals surface area contributed by atoms with Gasteiger partial charge in [0.05, 0.1) is 11.8 Å². The van der Waals surface area contributed by atoms with Gasteiger partial charge < -0.3 is 20.3 Å². The third-order valence-corrected chi connectivity index (χ3v) is 4.70. The van der Waals surface area contributed by atoms with Gasteiger partial charge in [0.2, 0.25) is 0 Å². The van der Waals surface area contributed by atoms with Crippen LogP contribution in [0.3, 0.4) is 0 Å². The second kappa shape index (κ2) is 6.89. The summed E-state index contributed by atoms with van der Waals surface area (Å²) in [7, 11) is 0. The molecule has 1 fully saturated rings. The van der Waals surface area contributed by atoms with Crippen molar-refractivity contribution in [2.24, 2.45) is 11.8 Å². The number of aromatic amines is 1. The monoisotopic (exact) mass is 369 g/mol. The number of carboxylic acid groups (broad SMARTS) is 1. The van der Waals surface area contributed by atoms with Crippen molar-refractivity contribution in [1.29, 1.82) is 0 Å². The van der Waals surface area contributed by atoms with Crippen LogP contribution >= 0.6 is 0 Å². The van der Waals surface area contributed by atoms with E-state index in [1.165, 1.54) is 0 Å². The van der Waals surface area contributed by atoms with E-state index in [9.17, 15) is 22.8 Å². The van der Waals surface area contributed by atoms with Crippen LogP contribution in [0.2, 0.25) is 0 Å². The van der Waals surface area contributed by atoms with E-state index in [0.29, 0.717) is 6.42 Å². The van der Waals surface area contributed by atoms with Crippen LogP contribution in [-0.4, -0.2) is 52.8 Å². The Balaban J connectivity index is 1.58. The Morgan fingerprint density at radius 3 is 2.69 bits per heavy atom. The SMILES string of the molecule is O=C(O)[C@@H]1CN(C(=O)NCCc2cccc3[nH]ccc23)C[C@H]1C(F)(F)F. The zero-order valence-electron chi connectivity index (χ0n) is 13.7. The molecule has 6 nitrogen and oxygen atoms in total. The molecule has 3 N–H and O–H groups in total. The molecule has 9 heteroatoms. The minimum absolute atomic E-state index is 0.244. The van der Waals surface area contributed by atoms with E-state index in [-0.39, 0.29) is 6.54 Å². The molecule has 26 heavy (non-hydrogen) atoms. The van der Waals surface area contributed by atoms with Gasteiger partial charge in [-0.25, -0.2) is 4.79 Å². The number of hydrogen-bond donors (Lipinski definition) is 3. The van der Waals surface area contributed by atoms with Crippen LogP contribution in [0.4, 0.5) is 18.0 Å². The van der Waals surface area contributed by atoms with Crippen molar-refractivity contribution in [3.63, 3.8) is 0 Å². The van der Waals surface area contributed by atoms with Crippen molar-refractivity contribution < 1.29 is 27.9 Å². The van der Waals surface area contributed by atoms with Crippen LogP contribution in [0.5, 0.6) is 0 Å². The lowest BCUT2D eigenvalue weighted by atomic mass is 9.96. The molecule has 2 atom stereocenters. The Morgan fingerprint density at radius 2 is 2.04 bits per heavy atom. The highest BCUT2D eigenvalue weighted by atomic mass is 19.4. The highest BCUT2D eigenvalue weighted by molar-refractivity contribution is 5.83. The van der Waals surface area contributed by atoms with Gasteiger partial charge in [-0.05, 0) is 24.1 Å². The maximum Gasteiger partial charge on any atom is 0.394 e. The summed E-state index contributed by atoms with van der Waals surface area (Å²) in [5.41, 5.74) is 1.97. The molecule has 0 radical (unpaired) electrons. The number of urea groups is 1. The number of likely N-dealkylation sites (tertiary alicyclic amines) is 1. The number of aromatic nitrogens is 1. The summed E-state index contributed by atoms with van der Waals surface area (Å²) in [4.78, 5) is 27.2. The molecule has 1 aliphatic heterocycles. The molecule has 1 aromatic heterocycles. The van der Waals surface area contributed by atoms with E-state index < -0.39 is 43.1 Å². The molecule has 3 rings (SSSR count). The number of benzene rings is 1. The molecule has 2 heterocycles. The van der Waals surface area contributed by atoms with E-state index in [0.717, 1.165) is 21.4 Å². The number of rotatable bonds is 4. The summed E-state index contributed by atoms with van der Waals surface area (Å²) in [5.74, 6) is -5.21. The maximum atomic E-state index is 13.0. The first kappa shape index (κ1) is 18.1. The highest BCUT2D eigenvalue weighted by Crippen LogP contribution is 2.37. The number of halogens is 3. The lowest BCUT2D eigenvalue weighted by Gasteiger charge is -2.18. The van der Waals surface area contributed by atoms with Crippen molar-refractivity contribution in [1.82, 2.24) is 15.2 Å². The number of hydrogen-bond acceptors (Lipinski definition) is 2. The molecule has 1 saturated heterocycles. The first-order valence-corrected chi connectivity index (χ1v) is 8.14. The van der Waals surface area contributed by atoms with Crippen LogP contribution < -0.4 is 5.32 Å². The zero-order chi connectivity index (χ0) is 18.9. The van der Waals surface area contributed by atoms with Crippen molar-refractivity contribution in [3.8, 4) is 0 Å². The number of nitrogens with one attached hydrogen (secondary N) is 2. The highest BCUT2D eigenvalue weighted by Gasteiger charge is 2.53. The fourth-order valence-corrected chi connectivity index (χ4v) is 3.34. The van der Waals surface area contributed by atoms with Crippen LogP contribution in [-0.2, 0) is 11.2 Å². The summed E-state index contributed by atoms with van der Waals surface area (Å²) in [5, 5.41) is 12.6. The third-order valence-electron chi connectivity index (χ3n) is 4.70. The van der Waals surface area contributed by atoms with Gasteiger partial charge in [-0.3, -0.25) is 4.79 Å². The topological polar surface area (TPSA) is 85.4 Å². The van der Waals surface area contributed by atoms with Crippen LogP contribution in [0.1, 0.15) is 5.56 Å². The minimum Gasteiger partial charge on any atom is -0.481 e. The Kier molecular flexibility index (Phi) is 4.80. The van der Waals surface area contributed by atoms with Crippen LogP contribution in [0.25, 0.3) is 10.9 Å². The molecule has 2 aromatic rings. The van der Waals surface area contributed by atoms with Gasteiger partial charge in [0.25, 0.3) is 0 Å². The summed E-state index contributed by atoms with van der Waals surface area (Å²) >= 11 is 0. The quantitative estimate of drug-likeness (QED) is 0.774. The first-order valence-electron chi connectivity index (χ1n) is 8.14. The first-order chi connectivity index (χ1) is 12.3. The average Bonchev–Trinajstić information content (AvgIpc) is 3.21. The summed E-state index contributed by atoms with van der Waals surface area (Å²) in [6.07, 6.45) is -2.33. The predicted octanol–water partition coefficient (Wildman–Crippen LogP) is 2.61. The number of carbonyl (C=O) groups is 2. The van der Waals surface area contributed by atoms with Crippen molar-refractivity contribution >= 4 is 22.9 Å². The summed E-state index contributed by atoms with van der Waals surface area (Å²) in [6.45, 7) is -0.841. The average molecular weight is 369 g/mol. The van der Waals surface area contributed by atoms with Gasteiger partial charge >= 0.3 is 18.2 Å². The Morgan fingerprint density at radius 1 is 1.27 bits per heavy atom. The van der Waals surface area contributed by atoms with Gasteiger partial charge in [0, 0.05) is 36.7 Å². The van der Waals surface area contributed by atoms with Crippen molar-refractivity contribution in [2.45, 2.75) is 12.6 Å². The zero-order valence-corrected chi connectivity index (χ0v) is 13.7. The van der Waals surface area contributed by atoms with Crippen molar-refractivity contribution in [3.05, 3.63) is 36.0 Å². The van der Waals surface area contributed by atoms with Gasteiger partial charge in [-0.2, -0.15) is 13.2 Å². The van der Waals surface area contributed by atoms with Crippen LogP contribution in [0, 0.1) is 11.8 Å². The number of amides is 2. The van der Waals surface area contributed by atoms with E-state index in [1.54, 1.807) is 6.20 Å². The van der Waals surface area contributed by atoms with Crippen LogP contribution in [0.15, 0.2) is 30.5 Å². The van der Waals surface area contributed by atoms with E-state index in [1.807, 2.05) is 24.3 Å². The number of alkyl halides is 3. The van der Waals surface area contributed by atoms with E-state index in [2.05, 4.69) is 10.3 Å². The Hall–Kier alpha value is -2.71. The largest absolute Gasteiger partial charge is 0.481 e. The molecule has 0 bridgehead atoms. The minimum atomic E-state index is -4.65. The molecular formula is C17H18F3N3O3. The molecular weight excluding hydrogens is 351 g/mol. The fraction of sp³-hybridized carbons (Fsp3) is 0.412. The Bertz CT molecular complexity index is 818. The molecule has 0 unspecified atom stereocenters. The van der Waals surface area contributed by atoms with Crippen molar-refractivity contribution in [2.75, 3.05) is 19.6 Å². The van der Waals surface area contributed by atoms with E-state index in [4.69, 9.17) is 5.11 Å². The molecule has 1 aliphatic rings. The standard InChI is InChI=1S/C17H18F3N3O3/c18-17(19,20)13-9-23(8-12(13)15(24)25)16(26)22-6-4-10-2-1-3-14-11(10)5-7-21-14/h1-3,5,7,12-13,21H,4,6,8-9H2,(H,22,26)(H,24,25)/t12-,13-/m1/s1. The molecule has 2 amide bonds. The second-order valence-corrected chi connectivity index (χ2v) is 6.34. The number of H-pyrrole nitrogens is 1. The number of carbonyl (C=O) groups excluding carboxylic acids is 1. The normalized spacial score (nSPS) is 20.5. The number of aliphatic carboxylic acids is 1. The number of carboxylic acids is 1. The molecule has 1 aromatic carbocycles. The van der Waals surface area contributed by atoms with Gasteiger partial charge in [-0.15, -0.1) is 0 Å². The third kappa shape index (κ3) is 3.61. The molecule has 0 spiro atoms. The fourth-order valence-electron chi connectivity index (χ4n) is 3.34. The lowest BCUT2D eigenvalue weighted by molar-refractivity contribution is -0.187. The van der Waals surface area contributed by atoms with Gasteiger partial charge in [0.1, 0.15) is 0 Å². The number of nitrogens with zero attached hydrogens (tertiary/aromatic N) is 1. The Labute approximate surface area is 147 Å². The lowest BCUT2D eigenvalue weighted by Crippen LogP contribution is -2.40. The smallest absolute Gasteiger partial charge is 0.394 e. The van der Waals surface area contributed by atoms with E-state index >= 15 is 0 Å². The summed E-state index contributed by atoms with van der Waals surface area (Å²) < 4.78 is 38.9. The van der Waals surface area contributed by atoms with Gasteiger partial charge in [0.15, 0.2) is 0 Å². The molecule has 0 saturated carbocycles. The maximum absolute atomic E-state index is 13.0.